The molecular formula is C28H31N7O3S. The lowest BCUT2D eigenvalue weighted by Gasteiger charge is -2.36. The van der Waals surface area contributed by atoms with Crippen LogP contribution in [0.25, 0.3) is 10.2 Å². The molecule has 202 valence electrons. The molecule has 0 unspecified atom stereocenters. The molecule has 0 atom stereocenters. The summed E-state index contributed by atoms with van der Waals surface area (Å²) in [6.07, 6.45) is 3.81. The Balaban J connectivity index is 1.18. The number of piperidine rings is 1. The first-order valence-electron chi connectivity index (χ1n) is 12.7. The Kier molecular flexibility index (Phi) is 7.89. The van der Waals surface area contributed by atoms with Crippen LogP contribution in [0.3, 0.4) is 0 Å². The van der Waals surface area contributed by atoms with E-state index in [0.29, 0.717) is 28.4 Å². The molecule has 2 aromatic carbocycles. The number of pyridine rings is 1. The lowest BCUT2D eigenvalue weighted by molar-refractivity contribution is 0.0958. The van der Waals surface area contributed by atoms with Gasteiger partial charge in [-0.05, 0) is 69.4 Å². The molecule has 5 rings (SSSR count). The number of hydrogen-bond donors (Lipinski definition) is 3. The first-order valence-corrected chi connectivity index (χ1v) is 13.6. The van der Waals surface area contributed by atoms with Crippen molar-refractivity contribution in [2.24, 2.45) is 0 Å². The second-order valence-corrected chi connectivity index (χ2v) is 10.5. The van der Waals surface area contributed by atoms with Crippen molar-refractivity contribution in [2.45, 2.75) is 18.9 Å². The van der Waals surface area contributed by atoms with E-state index in [9.17, 15) is 9.59 Å². The Morgan fingerprint density at radius 1 is 1.00 bits per heavy atom. The summed E-state index contributed by atoms with van der Waals surface area (Å²) in [6.45, 7) is 2.06. The molecule has 10 nitrogen and oxygen atoms in total. The number of urea groups is 1. The van der Waals surface area contributed by atoms with Crippen molar-refractivity contribution in [3.8, 4) is 11.5 Å². The summed E-state index contributed by atoms with van der Waals surface area (Å²) in [5.41, 5.74) is 2.89. The van der Waals surface area contributed by atoms with E-state index in [-0.39, 0.29) is 17.6 Å². The van der Waals surface area contributed by atoms with Crippen molar-refractivity contribution >= 4 is 50.0 Å². The maximum absolute atomic E-state index is 12.6. The van der Waals surface area contributed by atoms with Crippen molar-refractivity contribution < 1.29 is 14.3 Å². The highest BCUT2D eigenvalue weighted by Gasteiger charge is 2.20. The summed E-state index contributed by atoms with van der Waals surface area (Å²) in [6, 6.07) is 16.9. The molecule has 11 heteroatoms. The first-order chi connectivity index (χ1) is 18.9. The molecule has 3 heterocycles. The SMILES string of the molecule is CNC(=O)c1cc(Oc2ccc3nc(NC(=O)Nc4ccc(N5CCC(N(C)C)CC5)cc4)sc3c2)ccn1. The summed E-state index contributed by atoms with van der Waals surface area (Å²) < 4.78 is 6.77. The van der Waals surface area contributed by atoms with Crippen LogP contribution in [0.2, 0.25) is 0 Å². The standard InChI is InChI=1S/C28H31N7O3S/c1-29-26(36)24-16-22(10-13-30-24)38-21-8-9-23-25(17-21)39-28(32-23)33-27(37)31-18-4-6-20(7-5-18)35-14-11-19(12-15-35)34(2)3/h4-10,13,16-17,19H,11-12,14-15H2,1-3H3,(H,29,36)(H2,31,32,33,37). The normalized spacial score (nSPS) is 13.9. The van der Waals surface area contributed by atoms with Crippen LogP contribution < -0.4 is 25.6 Å². The number of ether oxygens (including phenoxy) is 1. The second kappa shape index (κ2) is 11.7. The molecule has 3 N–H and O–H groups in total. The van der Waals surface area contributed by atoms with Gasteiger partial charge in [-0.1, -0.05) is 11.3 Å². The molecule has 0 aliphatic carbocycles. The Bertz CT molecular complexity index is 1460. The fourth-order valence-corrected chi connectivity index (χ4v) is 5.43. The smallest absolute Gasteiger partial charge is 0.325 e. The molecule has 39 heavy (non-hydrogen) atoms. The molecule has 0 bridgehead atoms. The van der Waals surface area contributed by atoms with Gasteiger partial charge in [0.2, 0.25) is 0 Å². The molecule has 3 amide bonds. The van der Waals surface area contributed by atoms with Gasteiger partial charge in [0, 0.05) is 55.9 Å². The number of anilines is 3. The Hall–Kier alpha value is -4.22. The molecule has 4 aromatic rings. The minimum Gasteiger partial charge on any atom is -0.457 e. The van der Waals surface area contributed by atoms with Gasteiger partial charge in [-0.25, -0.2) is 9.78 Å². The number of fused-ring (bicyclic) bond motifs is 1. The molecule has 1 aliphatic heterocycles. The highest BCUT2D eigenvalue weighted by molar-refractivity contribution is 7.22. The van der Waals surface area contributed by atoms with Crippen LogP contribution in [-0.2, 0) is 0 Å². The van der Waals surface area contributed by atoms with Crippen molar-refractivity contribution in [3.63, 3.8) is 0 Å². The van der Waals surface area contributed by atoms with Gasteiger partial charge < -0.3 is 25.2 Å². The number of nitrogens with one attached hydrogen (secondary N) is 3. The average molecular weight is 546 g/mol. The van der Waals surface area contributed by atoms with E-state index in [1.807, 2.05) is 36.4 Å². The summed E-state index contributed by atoms with van der Waals surface area (Å²) >= 11 is 1.35. The van der Waals surface area contributed by atoms with E-state index in [2.05, 4.69) is 49.8 Å². The van der Waals surface area contributed by atoms with E-state index in [1.54, 1.807) is 25.2 Å². The lowest BCUT2D eigenvalue weighted by atomic mass is 10.0. The molecule has 0 radical (unpaired) electrons. The topological polar surface area (TPSA) is 112 Å². The number of amides is 3. The van der Waals surface area contributed by atoms with E-state index in [4.69, 9.17) is 4.74 Å². The van der Waals surface area contributed by atoms with Crippen LogP contribution >= 0.6 is 11.3 Å². The van der Waals surface area contributed by atoms with Gasteiger partial charge in [-0.15, -0.1) is 0 Å². The first kappa shape index (κ1) is 26.4. The predicted octanol–water partition coefficient (Wildman–Crippen LogP) is 5.02. The number of aromatic nitrogens is 2. The van der Waals surface area contributed by atoms with E-state index < -0.39 is 0 Å². The van der Waals surface area contributed by atoms with E-state index in [0.717, 1.165) is 36.1 Å². The number of rotatable bonds is 7. The summed E-state index contributed by atoms with van der Waals surface area (Å²) in [4.78, 5) is 37.7. The number of thiazole rings is 1. The fourth-order valence-electron chi connectivity index (χ4n) is 4.54. The Morgan fingerprint density at radius 3 is 2.46 bits per heavy atom. The van der Waals surface area contributed by atoms with Crippen molar-refractivity contribution in [1.82, 2.24) is 20.2 Å². The van der Waals surface area contributed by atoms with Crippen LogP contribution in [0.1, 0.15) is 23.3 Å². The van der Waals surface area contributed by atoms with Gasteiger partial charge in [0.15, 0.2) is 5.13 Å². The Labute approximate surface area is 231 Å². The zero-order valence-electron chi connectivity index (χ0n) is 22.1. The number of carbonyl (C=O) groups excluding carboxylic acids is 2. The zero-order valence-corrected chi connectivity index (χ0v) is 22.9. The number of nitrogens with zero attached hydrogens (tertiary/aromatic N) is 4. The minimum atomic E-state index is -0.358. The van der Waals surface area contributed by atoms with Crippen LogP contribution in [0.15, 0.2) is 60.8 Å². The largest absolute Gasteiger partial charge is 0.457 e. The van der Waals surface area contributed by atoms with Gasteiger partial charge >= 0.3 is 6.03 Å². The zero-order chi connectivity index (χ0) is 27.4. The van der Waals surface area contributed by atoms with Gasteiger partial charge in [-0.3, -0.25) is 15.1 Å². The molecule has 0 saturated carbocycles. The number of hydrogen-bond acceptors (Lipinski definition) is 8. The van der Waals surface area contributed by atoms with Crippen molar-refractivity contribution in [2.75, 3.05) is 49.8 Å². The Morgan fingerprint density at radius 2 is 1.74 bits per heavy atom. The maximum Gasteiger partial charge on any atom is 0.325 e. The van der Waals surface area contributed by atoms with E-state index >= 15 is 0 Å². The molecule has 1 fully saturated rings. The molecule has 1 saturated heterocycles. The highest BCUT2D eigenvalue weighted by Crippen LogP contribution is 2.31. The predicted molar refractivity (Wildman–Crippen MR) is 155 cm³/mol. The molecule has 0 spiro atoms. The number of benzene rings is 2. The van der Waals surface area contributed by atoms with Gasteiger partial charge in [0.25, 0.3) is 5.91 Å². The summed E-state index contributed by atoms with van der Waals surface area (Å²) in [5.74, 6) is 0.792. The van der Waals surface area contributed by atoms with Crippen LogP contribution in [0.4, 0.5) is 21.3 Å². The molecule has 2 aromatic heterocycles. The van der Waals surface area contributed by atoms with Crippen LogP contribution in [0, 0.1) is 0 Å². The van der Waals surface area contributed by atoms with Gasteiger partial charge in [0.1, 0.15) is 17.2 Å². The molecular weight excluding hydrogens is 514 g/mol. The minimum absolute atomic E-state index is 0.269. The fraction of sp³-hybridized carbons (Fsp3) is 0.286. The summed E-state index contributed by atoms with van der Waals surface area (Å²) in [5, 5.41) is 8.72. The maximum atomic E-state index is 12.6. The number of carbonyl (C=O) groups is 2. The quantitative estimate of drug-likeness (QED) is 0.299. The second-order valence-electron chi connectivity index (χ2n) is 9.51. The van der Waals surface area contributed by atoms with Crippen LogP contribution in [0.5, 0.6) is 11.5 Å². The summed E-state index contributed by atoms with van der Waals surface area (Å²) in [7, 11) is 5.83. The lowest BCUT2D eigenvalue weighted by Crippen LogP contribution is -2.41. The van der Waals surface area contributed by atoms with Gasteiger partial charge in [0.05, 0.1) is 10.2 Å². The van der Waals surface area contributed by atoms with E-state index in [1.165, 1.54) is 23.2 Å². The third-order valence-electron chi connectivity index (χ3n) is 6.69. The monoisotopic (exact) mass is 545 g/mol. The highest BCUT2D eigenvalue weighted by atomic mass is 32.1. The van der Waals surface area contributed by atoms with Gasteiger partial charge in [-0.2, -0.15) is 0 Å². The molecule has 1 aliphatic rings. The van der Waals surface area contributed by atoms with Crippen molar-refractivity contribution in [3.05, 3.63) is 66.5 Å². The van der Waals surface area contributed by atoms with Crippen LogP contribution in [-0.4, -0.2) is 67.1 Å². The van der Waals surface area contributed by atoms with Crippen molar-refractivity contribution in [1.29, 1.82) is 0 Å². The third kappa shape index (κ3) is 6.44. The average Bonchev–Trinajstić information content (AvgIpc) is 3.34. The third-order valence-corrected chi connectivity index (χ3v) is 7.63.